The van der Waals surface area contributed by atoms with Crippen LogP contribution in [0.15, 0.2) is 65.7 Å². The van der Waals surface area contributed by atoms with Crippen LogP contribution in [0.4, 0.5) is 5.69 Å². The highest BCUT2D eigenvalue weighted by Crippen LogP contribution is 2.32. The molecule has 32 heteroatoms. The van der Waals surface area contributed by atoms with Gasteiger partial charge < -0.3 is 83.7 Å². The number of rotatable bonds is 18. The molecular weight excluding hydrogens is 1230 g/mol. The Morgan fingerprint density at radius 2 is 1.39 bits per heavy atom. The Labute approximate surface area is 538 Å². The molecule has 502 valence electrons. The van der Waals surface area contributed by atoms with Crippen LogP contribution >= 0.6 is 11.8 Å². The van der Waals surface area contributed by atoms with Crippen LogP contribution in [0.1, 0.15) is 78.4 Å². The van der Waals surface area contributed by atoms with E-state index in [2.05, 4.69) is 63.5 Å². The number of amides is 14. The summed E-state index contributed by atoms with van der Waals surface area (Å²) in [7, 11) is 0. The van der Waals surface area contributed by atoms with Crippen molar-refractivity contribution in [2.45, 2.75) is 146 Å². The third kappa shape index (κ3) is 18.7. The second-order valence-corrected chi connectivity index (χ2v) is 24.7. The second kappa shape index (κ2) is 32.3. The summed E-state index contributed by atoms with van der Waals surface area (Å²) in [6.07, 6.45) is -2.30. The smallest absolute Gasteiger partial charge is 0.253 e. The van der Waals surface area contributed by atoms with Crippen molar-refractivity contribution in [2.24, 2.45) is 17.8 Å². The molecule has 31 nitrogen and oxygen atoms in total. The maximum absolute atomic E-state index is 15.0. The van der Waals surface area contributed by atoms with Crippen molar-refractivity contribution in [3.05, 3.63) is 71.8 Å². The number of nitrogens with zero attached hydrogens (tertiary/aromatic N) is 2. The third-order valence-electron chi connectivity index (χ3n) is 16.5. The van der Waals surface area contributed by atoms with Gasteiger partial charge in [-0.05, 0) is 48.1 Å². The molecule has 4 aliphatic heterocycles. The zero-order valence-corrected chi connectivity index (χ0v) is 52.9. The molecule has 1 fully saturated rings. The van der Waals surface area contributed by atoms with E-state index in [9.17, 15) is 77.6 Å². The van der Waals surface area contributed by atoms with E-state index >= 15 is 4.79 Å². The first-order valence-corrected chi connectivity index (χ1v) is 31.5. The standard InChI is InChI=1S/C61H80N14O17S/c1-7-30(4)51-57(89)64-24-46(81)67-41-28-93-60-37(36-10-8-9-11-38(36)70-60)21-39(54(86)63-25-47(82)72-51)68-59(91)52(31(5)43(78)27-76)73-56(88)42-20-35(77)26-75(42)61(92)40(69-55(41)87)22-45(80)62-23-33-12-14-34(15-13-33)66-53(85)32(6)65-58(90)50(29(2)3)71-44(79)18-19-74-48(83)16-17-49(74)84/h8-17,29-32,35,39-43,50-52,70,76-78H,7,18-28H2,1-6H3,(H,62,80)(H,63,86)(H,64,89)(H,65,90)(H,66,85)(H,67,81)(H,68,91)(H,69,87)(H,71,79)(H,72,82)(H,73,88)/t30-,31-,32-,35+,39-,40-,41?,42-,43-,50?,51-,52-/m0/s1. The van der Waals surface area contributed by atoms with E-state index < -0.39 is 200 Å². The van der Waals surface area contributed by atoms with Crippen LogP contribution in [-0.4, -0.2) is 212 Å². The lowest BCUT2D eigenvalue weighted by Crippen LogP contribution is -2.62. The average Bonchev–Trinajstić information content (AvgIpc) is 1.70. The summed E-state index contributed by atoms with van der Waals surface area (Å²) in [5, 5.41) is 61.5. The van der Waals surface area contributed by atoms with Crippen LogP contribution in [0.2, 0.25) is 0 Å². The van der Waals surface area contributed by atoms with Crippen molar-refractivity contribution in [2.75, 3.05) is 43.9 Å². The molecule has 5 heterocycles. The molecule has 4 aliphatic rings. The molecule has 15 N–H and O–H groups in total. The molecule has 12 atom stereocenters. The molecule has 1 aromatic heterocycles. The van der Waals surface area contributed by atoms with Crippen LogP contribution in [0.25, 0.3) is 10.9 Å². The first-order valence-electron chi connectivity index (χ1n) is 30.5. The molecule has 1 saturated heterocycles. The van der Waals surface area contributed by atoms with E-state index in [1.807, 2.05) is 0 Å². The highest BCUT2D eigenvalue weighted by Gasteiger charge is 2.45. The number of aliphatic hydroxyl groups excluding tert-OH is 3. The fourth-order valence-corrected chi connectivity index (χ4v) is 11.9. The van der Waals surface area contributed by atoms with Gasteiger partial charge in [-0.3, -0.25) is 72.0 Å². The van der Waals surface area contributed by atoms with E-state index in [1.54, 1.807) is 64.1 Å². The van der Waals surface area contributed by atoms with Crippen molar-refractivity contribution in [3.8, 4) is 0 Å². The Hall–Kier alpha value is -9.27. The number of aliphatic hydroxyl groups is 3. The number of carbonyl (C=O) groups excluding carboxylic acids is 14. The molecule has 93 heavy (non-hydrogen) atoms. The first-order chi connectivity index (χ1) is 44.2. The van der Waals surface area contributed by atoms with E-state index in [4.69, 9.17) is 0 Å². The van der Waals surface area contributed by atoms with Gasteiger partial charge in [-0.2, -0.15) is 0 Å². The normalized spacial score (nSPS) is 23.7. The maximum atomic E-state index is 15.0. The van der Waals surface area contributed by atoms with Gasteiger partial charge in [0.05, 0.1) is 43.4 Å². The zero-order valence-electron chi connectivity index (χ0n) is 52.1. The van der Waals surface area contributed by atoms with Crippen molar-refractivity contribution in [1.82, 2.24) is 68.0 Å². The maximum Gasteiger partial charge on any atom is 0.253 e. The van der Waals surface area contributed by atoms with Gasteiger partial charge in [0.15, 0.2) is 0 Å². The number of anilines is 1. The molecule has 2 unspecified atom stereocenters. The Morgan fingerprint density at radius 1 is 0.720 bits per heavy atom. The van der Waals surface area contributed by atoms with Gasteiger partial charge in [-0.15, -0.1) is 11.8 Å². The number of thioether (sulfide) groups is 1. The first kappa shape index (κ1) is 71.2. The van der Waals surface area contributed by atoms with E-state index in [0.29, 0.717) is 33.5 Å². The number of aromatic amines is 1. The number of fused-ring (bicyclic) bond motifs is 5. The molecule has 3 aromatic rings. The molecule has 14 amide bonds. The molecule has 2 aromatic carbocycles. The average molecular weight is 1310 g/mol. The predicted molar refractivity (Wildman–Crippen MR) is 333 cm³/mol. The molecule has 0 spiro atoms. The number of H-pyrrole nitrogens is 1. The van der Waals surface area contributed by atoms with E-state index in [0.717, 1.165) is 33.7 Å². The summed E-state index contributed by atoms with van der Waals surface area (Å²) in [6.45, 7) is 6.32. The van der Waals surface area contributed by atoms with Crippen LogP contribution in [0, 0.1) is 17.8 Å². The summed E-state index contributed by atoms with van der Waals surface area (Å²) < 4.78 is 0. The van der Waals surface area contributed by atoms with Gasteiger partial charge in [-0.25, -0.2) is 0 Å². The highest BCUT2D eigenvalue weighted by atomic mass is 32.2. The number of aromatic nitrogens is 1. The molecule has 2 bridgehead atoms. The highest BCUT2D eigenvalue weighted by molar-refractivity contribution is 7.99. The van der Waals surface area contributed by atoms with Crippen LogP contribution < -0.4 is 58.5 Å². The van der Waals surface area contributed by atoms with E-state index in [1.165, 1.54) is 26.0 Å². The van der Waals surface area contributed by atoms with Crippen LogP contribution in [0.3, 0.4) is 0 Å². The van der Waals surface area contributed by atoms with Gasteiger partial charge in [-0.1, -0.05) is 71.4 Å². The Morgan fingerprint density at radius 3 is 2.05 bits per heavy atom. The van der Waals surface area contributed by atoms with Gasteiger partial charge >= 0.3 is 0 Å². The SMILES string of the molecule is CC[C@H](C)[C@@H]1NC(=O)CNC(=O)[C@@H]2Cc3c([nH]c4ccccc34)SCC(NC(=O)CNC1=O)C(=O)N[C@@H](CC(=O)NCc1ccc(NC(=O)[C@H](C)NC(=O)C(NC(=O)CCN3C(=O)C=CC3=O)C(C)C)cc1)C(=O)N1C[C@H](O)C[C@H]1C(=O)N[C@@H]([C@@H](C)[C@@H](O)CO)C(=O)N2. The number of imide groups is 1. The van der Waals surface area contributed by atoms with Gasteiger partial charge in [0.1, 0.15) is 48.3 Å². The van der Waals surface area contributed by atoms with Crippen molar-refractivity contribution in [1.29, 1.82) is 0 Å². The minimum Gasteiger partial charge on any atom is -0.394 e. The number of nitrogens with one attached hydrogen (secondary N) is 12. The van der Waals surface area contributed by atoms with Gasteiger partial charge in [0.25, 0.3) is 11.8 Å². The van der Waals surface area contributed by atoms with E-state index in [-0.39, 0.29) is 37.4 Å². The number of hydrogen-bond acceptors (Lipinski definition) is 18. The lowest BCUT2D eigenvalue weighted by atomic mass is 9.93. The lowest BCUT2D eigenvalue weighted by molar-refractivity contribution is -0.144. The number of hydrogen-bond donors (Lipinski definition) is 15. The Bertz CT molecular complexity index is 3380. The molecular formula is C61H80N14O17S. The number of benzene rings is 2. The minimum atomic E-state index is -1.84. The van der Waals surface area contributed by atoms with Crippen molar-refractivity contribution >= 4 is 111 Å². The monoisotopic (exact) mass is 1310 g/mol. The largest absolute Gasteiger partial charge is 0.394 e. The van der Waals surface area contributed by atoms with Crippen molar-refractivity contribution < 1.29 is 82.4 Å². The third-order valence-corrected chi connectivity index (χ3v) is 17.6. The Balaban J connectivity index is 1.14. The quantitative estimate of drug-likeness (QED) is 0.0541. The summed E-state index contributed by atoms with van der Waals surface area (Å²) >= 11 is 0.989. The lowest BCUT2D eigenvalue weighted by Gasteiger charge is -2.33. The van der Waals surface area contributed by atoms with Gasteiger partial charge in [0.2, 0.25) is 70.9 Å². The van der Waals surface area contributed by atoms with Crippen molar-refractivity contribution in [3.63, 3.8) is 0 Å². The van der Waals surface area contributed by atoms with Crippen LogP contribution in [-0.2, 0) is 80.1 Å². The number of para-hydroxylation sites is 1. The molecule has 0 aliphatic carbocycles. The van der Waals surface area contributed by atoms with Crippen LogP contribution in [0.5, 0.6) is 0 Å². The predicted octanol–water partition coefficient (Wildman–Crippen LogP) is -3.91. The summed E-state index contributed by atoms with van der Waals surface area (Å²) in [4.78, 5) is 197. The fourth-order valence-electron chi connectivity index (χ4n) is 10.7. The summed E-state index contributed by atoms with van der Waals surface area (Å²) in [5.74, 6) is -14.0. The van der Waals surface area contributed by atoms with Gasteiger partial charge in [0, 0.05) is 79.3 Å². The topological polar surface area (TPSA) is 454 Å². The second-order valence-electron chi connectivity index (χ2n) is 23.7. The minimum absolute atomic E-state index is 0.190. The zero-order chi connectivity index (χ0) is 68.0. The number of carbonyl (C=O) groups is 14. The Kier molecular flexibility index (Phi) is 24.7. The molecule has 7 rings (SSSR count). The summed E-state index contributed by atoms with van der Waals surface area (Å²) in [5.41, 5.74) is 1.68. The fraction of sp³-hybridized carbons (Fsp3) is 0.508. The summed E-state index contributed by atoms with van der Waals surface area (Å²) in [6, 6.07) is 1.18. The molecule has 0 radical (unpaired) electrons. The molecule has 0 saturated carbocycles.